The zero-order chi connectivity index (χ0) is 7.82. The molecule has 0 amide bonds. The van der Waals surface area contributed by atoms with Crippen LogP contribution in [0.25, 0.3) is 0 Å². The van der Waals surface area contributed by atoms with Gasteiger partial charge in [-0.1, -0.05) is 25.0 Å². The van der Waals surface area contributed by atoms with Crippen LogP contribution in [0.2, 0.25) is 0 Å². The molecule has 10 heavy (non-hydrogen) atoms. The number of allylic oxidation sites excluding steroid dienone is 1. The van der Waals surface area contributed by atoms with Crippen LogP contribution in [0.3, 0.4) is 0 Å². The van der Waals surface area contributed by atoms with Crippen LogP contribution in [0.15, 0.2) is 11.6 Å². The molecule has 0 heterocycles. The minimum Gasteiger partial charge on any atom is -0.377 e. The van der Waals surface area contributed by atoms with Crippen LogP contribution in [-0.4, -0.2) is 13.2 Å². The van der Waals surface area contributed by atoms with Crippen molar-refractivity contribution in [2.45, 2.75) is 33.6 Å². The van der Waals surface area contributed by atoms with Gasteiger partial charge in [-0.3, -0.25) is 0 Å². The van der Waals surface area contributed by atoms with E-state index in [9.17, 15) is 0 Å². The Bertz CT molecular complexity index is 90.9. The van der Waals surface area contributed by atoms with Crippen LogP contribution in [-0.2, 0) is 4.74 Å². The van der Waals surface area contributed by atoms with Gasteiger partial charge in [-0.2, -0.15) is 0 Å². The van der Waals surface area contributed by atoms with E-state index in [4.69, 9.17) is 4.74 Å². The molecule has 0 aromatic carbocycles. The lowest BCUT2D eigenvalue weighted by atomic mass is 10.3. The van der Waals surface area contributed by atoms with Crippen molar-refractivity contribution in [1.29, 1.82) is 0 Å². The number of unbranched alkanes of at least 4 members (excludes halogenated alkanes) is 1. The molecule has 0 fully saturated rings. The predicted molar refractivity (Wildman–Crippen MR) is 45.2 cm³/mol. The monoisotopic (exact) mass is 142 g/mol. The molecule has 0 unspecified atom stereocenters. The molecule has 60 valence electrons. The molecule has 0 rings (SSSR count). The van der Waals surface area contributed by atoms with E-state index < -0.39 is 0 Å². The van der Waals surface area contributed by atoms with E-state index in [1.54, 1.807) is 0 Å². The van der Waals surface area contributed by atoms with Gasteiger partial charge in [0.15, 0.2) is 0 Å². The largest absolute Gasteiger partial charge is 0.377 e. The molecule has 0 aromatic heterocycles. The number of rotatable bonds is 5. The van der Waals surface area contributed by atoms with Crippen LogP contribution in [0.4, 0.5) is 0 Å². The minimum atomic E-state index is 0.780. The highest BCUT2D eigenvalue weighted by Crippen LogP contribution is 1.91. The third-order valence-corrected chi connectivity index (χ3v) is 1.25. The first-order valence-corrected chi connectivity index (χ1v) is 3.98. The summed E-state index contributed by atoms with van der Waals surface area (Å²) in [6.45, 7) is 8.03. The molecule has 0 aliphatic rings. The molecule has 0 atom stereocenters. The van der Waals surface area contributed by atoms with Gasteiger partial charge in [-0.15, -0.1) is 0 Å². The summed E-state index contributed by atoms with van der Waals surface area (Å²) in [7, 11) is 0. The van der Waals surface area contributed by atoms with Gasteiger partial charge < -0.3 is 4.74 Å². The summed E-state index contributed by atoms with van der Waals surface area (Å²) in [5.74, 6) is 0. The Kier molecular flexibility index (Phi) is 6.61. The fourth-order valence-corrected chi connectivity index (χ4v) is 0.555. The number of ether oxygens (including phenoxy) is 1. The van der Waals surface area contributed by atoms with Crippen LogP contribution in [0.5, 0.6) is 0 Å². The molecular formula is C9H18O. The highest BCUT2D eigenvalue weighted by molar-refractivity contribution is 4.92. The smallest absolute Gasteiger partial charge is 0.0649 e. The summed E-state index contributed by atoms with van der Waals surface area (Å²) in [5.41, 5.74) is 1.33. The van der Waals surface area contributed by atoms with Crippen LogP contribution in [0, 0.1) is 0 Å². The summed E-state index contributed by atoms with van der Waals surface area (Å²) in [6, 6.07) is 0. The summed E-state index contributed by atoms with van der Waals surface area (Å²) < 4.78 is 5.31. The average molecular weight is 142 g/mol. The van der Waals surface area contributed by atoms with Gasteiger partial charge in [0, 0.05) is 6.61 Å². The van der Waals surface area contributed by atoms with Gasteiger partial charge in [-0.05, 0) is 20.3 Å². The molecule has 1 heteroatoms. The Balaban J connectivity index is 2.98. The van der Waals surface area contributed by atoms with Gasteiger partial charge in [0.05, 0.1) is 6.61 Å². The fourth-order valence-electron chi connectivity index (χ4n) is 0.555. The Labute approximate surface area is 64.1 Å². The average Bonchev–Trinajstić information content (AvgIpc) is 1.87. The Hall–Kier alpha value is -0.300. The summed E-state index contributed by atoms with van der Waals surface area (Å²) in [5, 5.41) is 0. The number of hydrogen-bond acceptors (Lipinski definition) is 1. The van der Waals surface area contributed by atoms with E-state index in [1.165, 1.54) is 18.4 Å². The van der Waals surface area contributed by atoms with Crippen molar-refractivity contribution >= 4 is 0 Å². The second-order valence-electron chi connectivity index (χ2n) is 2.71. The molecule has 0 radical (unpaired) electrons. The van der Waals surface area contributed by atoms with E-state index in [-0.39, 0.29) is 0 Å². The predicted octanol–water partition coefficient (Wildman–Crippen LogP) is 2.77. The summed E-state index contributed by atoms with van der Waals surface area (Å²) in [4.78, 5) is 0. The first-order chi connectivity index (χ1) is 4.77. The van der Waals surface area contributed by atoms with Crippen LogP contribution >= 0.6 is 0 Å². The molecule has 0 spiro atoms. The van der Waals surface area contributed by atoms with Crippen molar-refractivity contribution in [3.05, 3.63) is 11.6 Å². The molecule has 0 saturated heterocycles. The normalized spacial score (nSPS) is 9.50. The third kappa shape index (κ3) is 7.70. The first-order valence-electron chi connectivity index (χ1n) is 3.98. The Morgan fingerprint density at radius 2 is 2.10 bits per heavy atom. The molecule has 0 N–H and O–H groups in total. The zero-order valence-electron chi connectivity index (χ0n) is 7.31. The van der Waals surface area contributed by atoms with E-state index in [0.717, 1.165) is 13.2 Å². The molecule has 0 aliphatic carbocycles. The second kappa shape index (κ2) is 6.81. The Morgan fingerprint density at radius 3 is 2.60 bits per heavy atom. The summed E-state index contributed by atoms with van der Waals surface area (Å²) in [6.07, 6.45) is 4.50. The van der Waals surface area contributed by atoms with E-state index >= 15 is 0 Å². The van der Waals surface area contributed by atoms with Gasteiger partial charge in [0.1, 0.15) is 0 Å². The van der Waals surface area contributed by atoms with Gasteiger partial charge in [-0.25, -0.2) is 0 Å². The van der Waals surface area contributed by atoms with Crippen molar-refractivity contribution in [1.82, 2.24) is 0 Å². The number of hydrogen-bond donors (Lipinski definition) is 0. The maximum absolute atomic E-state index is 5.31. The fraction of sp³-hybridized carbons (Fsp3) is 0.778. The lowest BCUT2D eigenvalue weighted by molar-refractivity contribution is 0.158. The van der Waals surface area contributed by atoms with Crippen molar-refractivity contribution in [3.8, 4) is 0 Å². The van der Waals surface area contributed by atoms with Gasteiger partial charge in [0.25, 0.3) is 0 Å². The van der Waals surface area contributed by atoms with E-state index in [0.29, 0.717) is 0 Å². The third-order valence-electron chi connectivity index (χ3n) is 1.25. The highest BCUT2D eigenvalue weighted by atomic mass is 16.5. The topological polar surface area (TPSA) is 9.23 Å². The van der Waals surface area contributed by atoms with Gasteiger partial charge >= 0.3 is 0 Å². The van der Waals surface area contributed by atoms with Crippen molar-refractivity contribution in [2.75, 3.05) is 13.2 Å². The Morgan fingerprint density at radius 1 is 1.40 bits per heavy atom. The van der Waals surface area contributed by atoms with Crippen LogP contribution < -0.4 is 0 Å². The molecule has 0 aromatic rings. The highest BCUT2D eigenvalue weighted by Gasteiger charge is 1.82. The van der Waals surface area contributed by atoms with Crippen molar-refractivity contribution < 1.29 is 4.74 Å². The van der Waals surface area contributed by atoms with Crippen molar-refractivity contribution in [2.24, 2.45) is 0 Å². The van der Waals surface area contributed by atoms with Crippen molar-refractivity contribution in [3.63, 3.8) is 0 Å². The molecular weight excluding hydrogens is 124 g/mol. The van der Waals surface area contributed by atoms with Crippen LogP contribution in [0.1, 0.15) is 33.6 Å². The maximum atomic E-state index is 5.31. The lowest BCUT2D eigenvalue weighted by Crippen LogP contribution is -1.93. The quantitative estimate of drug-likeness (QED) is 0.423. The molecule has 0 bridgehead atoms. The SMILES string of the molecule is CCCCOCC=C(C)C. The zero-order valence-corrected chi connectivity index (χ0v) is 7.31. The van der Waals surface area contributed by atoms with Gasteiger partial charge in [0.2, 0.25) is 0 Å². The molecule has 1 nitrogen and oxygen atoms in total. The second-order valence-corrected chi connectivity index (χ2v) is 2.71. The van der Waals surface area contributed by atoms with E-state index in [2.05, 4.69) is 26.8 Å². The standard InChI is InChI=1S/C9H18O/c1-4-5-7-10-8-6-9(2)3/h6H,4-5,7-8H2,1-3H3. The lowest BCUT2D eigenvalue weighted by Gasteiger charge is -1.98. The van der Waals surface area contributed by atoms with E-state index in [1.807, 2.05) is 0 Å². The molecule has 0 saturated carbocycles. The maximum Gasteiger partial charge on any atom is 0.0649 e. The summed E-state index contributed by atoms with van der Waals surface area (Å²) >= 11 is 0. The molecule has 0 aliphatic heterocycles. The minimum absolute atomic E-state index is 0.780. The first kappa shape index (κ1) is 9.70.